The van der Waals surface area contributed by atoms with Crippen LogP contribution < -0.4 is 10.2 Å². The molecular weight excluding hydrogens is 396 g/mol. The summed E-state index contributed by atoms with van der Waals surface area (Å²) in [6.07, 6.45) is 0. The molecule has 0 aliphatic rings. The largest absolute Gasteiger partial charge is 0.362 e. The molecule has 0 bridgehead atoms. The number of carbonyl (C=O) groups is 1. The maximum atomic E-state index is 12.2. The van der Waals surface area contributed by atoms with E-state index in [9.17, 15) is 4.79 Å². The Morgan fingerprint density at radius 1 is 1.14 bits per heavy atom. The Labute approximate surface area is 141 Å². The van der Waals surface area contributed by atoms with E-state index in [1.165, 1.54) is 0 Å². The van der Waals surface area contributed by atoms with Crippen molar-refractivity contribution in [2.75, 3.05) is 23.3 Å². The molecule has 1 amide bonds. The molecule has 0 heterocycles. The van der Waals surface area contributed by atoms with Gasteiger partial charge in [0.15, 0.2) is 0 Å². The summed E-state index contributed by atoms with van der Waals surface area (Å²) < 4.78 is 1.79. The topological polar surface area (TPSA) is 32.3 Å². The molecule has 0 aliphatic heterocycles. The number of nitrogens with zero attached hydrogens (tertiary/aromatic N) is 1. The number of hydrogen-bond acceptors (Lipinski definition) is 2. The van der Waals surface area contributed by atoms with Gasteiger partial charge in [-0.1, -0.05) is 34.1 Å². The third-order valence-corrected chi connectivity index (χ3v) is 4.22. The van der Waals surface area contributed by atoms with Gasteiger partial charge in [-0.15, -0.1) is 0 Å². The van der Waals surface area contributed by atoms with Gasteiger partial charge in [0.25, 0.3) is 0 Å². The number of rotatable bonds is 5. The van der Waals surface area contributed by atoms with Gasteiger partial charge in [0, 0.05) is 21.2 Å². The van der Waals surface area contributed by atoms with E-state index in [-0.39, 0.29) is 5.91 Å². The van der Waals surface area contributed by atoms with E-state index in [4.69, 9.17) is 0 Å². The third-order valence-electron chi connectivity index (χ3n) is 3.04. The lowest BCUT2D eigenvalue weighted by Gasteiger charge is -2.22. The molecule has 2 aromatic carbocycles. The second kappa shape index (κ2) is 7.61. The number of halogens is 2. The highest BCUT2D eigenvalue weighted by Crippen LogP contribution is 2.26. The van der Waals surface area contributed by atoms with Crippen molar-refractivity contribution in [1.82, 2.24) is 0 Å². The van der Waals surface area contributed by atoms with Gasteiger partial charge < -0.3 is 10.2 Å². The predicted molar refractivity (Wildman–Crippen MR) is 94.8 cm³/mol. The van der Waals surface area contributed by atoms with E-state index < -0.39 is 0 Å². The van der Waals surface area contributed by atoms with Crippen LogP contribution in [0.15, 0.2) is 57.5 Å². The molecule has 0 fully saturated rings. The summed E-state index contributed by atoms with van der Waals surface area (Å²) in [5.74, 6) is -0.0421. The predicted octanol–water partition coefficient (Wildman–Crippen LogP) is 4.68. The van der Waals surface area contributed by atoms with Crippen LogP contribution in [0.3, 0.4) is 0 Å². The Hall–Kier alpha value is -1.33. The molecule has 2 rings (SSSR count). The summed E-state index contributed by atoms with van der Waals surface area (Å²) in [6, 6.07) is 15.6. The fourth-order valence-corrected chi connectivity index (χ4v) is 2.69. The average molecular weight is 412 g/mol. The maximum Gasteiger partial charge on any atom is 0.243 e. The quantitative estimate of drug-likeness (QED) is 0.774. The first-order chi connectivity index (χ1) is 10.1. The molecule has 21 heavy (non-hydrogen) atoms. The van der Waals surface area contributed by atoms with Gasteiger partial charge in [-0.3, -0.25) is 4.79 Å². The number of para-hydroxylation sites is 1. The van der Waals surface area contributed by atoms with Gasteiger partial charge in [-0.25, -0.2) is 0 Å². The molecule has 0 atom stereocenters. The van der Waals surface area contributed by atoms with Gasteiger partial charge in [-0.2, -0.15) is 0 Å². The van der Waals surface area contributed by atoms with Crippen molar-refractivity contribution < 1.29 is 4.79 Å². The minimum Gasteiger partial charge on any atom is -0.362 e. The van der Waals surface area contributed by atoms with Gasteiger partial charge >= 0.3 is 0 Å². The van der Waals surface area contributed by atoms with Gasteiger partial charge in [0.1, 0.15) is 0 Å². The first-order valence-electron chi connectivity index (χ1n) is 6.65. The van der Waals surface area contributed by atoms with Crippen LogP contribution in [0, 0.1) is 0 Å². The molecule has 0 aromatic heterocycles. The minimum atomic E-state index is -0.0421. The molecule has 1 N–H and O–H groups in total. The molecule has 0 unspecified atom stereocenters. The second-order valence-electron chi connectivity index (χ2n) is 4.52. The number of amides is 1. The third kappa shape index (κ3) is 4.58. The average Bonchev–Trinajstić information content (AvgIpc) is 2.49. The van der Waals surface area contributed by atoms with Crippen LogP contribution in [0.1, 0.15) is 6.92 Å². The van der Waals surface area contributed by atoms with Crippen molar-refractivity contribution in [3.63, 3.8) is 0 Å². The molecule has 110 valence electrons. The summed E-state index contributed by atoms with van der Waals surface area (Å²) in [5.41, 5.74) is 1.81. The Bertz CT molecular complexity index is 617. The maximum absolute atomic E-state index is 12.2. The van der Waals surface area contributed by atoms with Crippen LogP contribution in [0.4, 0.5) is 11.4 Å². The smallest absolute Gasteiger partial charge is 0.243 e. The summed E-state index contributed by atoms with van der Waals surface area (Å²) in [4.78, 5) is 14.3. The fraction of sp³-hybridized carbons (Fsp3) is 0.188. The van der Waals surface area contributed by atoms with Crippen molar-refractivity contribution in [1.29, 1.82) is 0 Å². The second-order valence-corrected chi connectivity index (χ2v) is 6.29. The summed E-state index contributed by atoms with van der Waals surface area (Å²) in [5, 5.41) is 2.93. The molecule has 0 saturated heterocycles. The van der Waals surface area contributed by atoms with Crippen molar-refractivity contribution >= 4 is 49.1 Å². The van der Waals surface area contributed by atoms with Crippen LogP contribution in [0.2, 0.25) is 0 Å². The molecule has 0 saturated carbocycles. The van der Waals surface area contributed by atoms with E-state index in [2.05, 4.69) is 37.2 Å². The summed E-state index contributed by atoms with van der Waals surface area (Å²) in [7, 11) is 0. The van der Waals surface area contributed by atoms with E-state index in [1.54, 1.807) is 0 Å². The summed E-state index contributed by atoms with van der Waals surface area (Å²) >= 11 is 6.84. The Morgan fingerprint density at radius 3 is 2.52 bits per heavy atom. The van der Waals surface area contributed by atoms with E-state index >= 15 is 0 Å². The number of benzene rings is 2. The summed E-state index contributed by atoms with van der Waals surface area (Å²) in [6.45, 7) is 3.13. The lowest BCUT2D eigenvalue weighted by Crippen LogP contribution is -2.33. The number of hydrogen-bond donors (Lipinski definition) is 1. The molecule has 0 radical (unpaired) electrons. The molecule has 0 aliphatic carbocycles. The zero-order valence-corrected chi connectivity index (χ0v) is 14.8. The zero-order chi connectivity index (χ0) is 15.2. The highest BCUT2D eigenvalue weighted by atomic mass is 79.9. The molecular formula is C16H16Br2N2O. The Kier molecular flexibility index (Phi) is 5.82. The molecule has 5 heteroatoms. The number of anilines is 2. The minimum absolute atomic E-state index is 0.0421. The van der Waals surface area contributed by atoms with Crippen LogP contribution >= 0.6 is 31.9 Å². The lowest BCUT2D eigenvalue weighted by molar-refractivity contribution is -0.115. The highest BCUT2D eigenvalue weighted by Gasteiger charge is 2.11. The van der Waals surface area contributed by atoms with Gasteiger partial charge in [-0.05, 0) is 53.2 Å². The normalized spacial score (nSPS) is 10.2. The van der Waals surface area contributed by atoms with E-state index in [1.807, 2.05) is 60.4 Å². The first-order valence-corrected chi connectivity index (χ1v) is 8.23. The Morgan fingerprint density at radius 2 is 1.86 bits per heavy atom. The van der Waals surface area contributed by atoms with Gasteiger partial charge in [0.2, 0.25) is 5.91 Å². The molecule has 2 aromatic rings. The molecule has 3 nitrogen and oxygen atoms in total. The fourth-order valence-electron chi connectivity index (χ4n) is 1.98. The Balaban J connectivity index is 2.05. The van der Waals surface area contributed by atoms with Crippen molar-refractivity contribution in [2.24, 2.45) is 0 Å². The highest BCUT2D eigenvalue weighted by molar-refractivity contribution is 9.11. The standard InChI is InChI=1S/C16H16Br2N2O/c1-2-20(13-6-4-3-5-7-13)11-16(21)19-15-10-12(17)8-9-14(15)18/h3-10H,2,11H2,1H3,(H,19,21). The number of carbonyl (C=O) groups excluding carboxylic acids is 1. The zero-order valence-electron chi connectivity index (χ0n) is 11.6. The van der Waals surface area contributed by atoms with Crippen LogP contribution in [-0.4, -0.2) is 19.0 Å². The van der Waals surface area contributed by atoms with E-state index in [0.717, 1.165) is 26.9 Å². The lowest BCUT2D eigenvalue weighted by atomic mass is 10.2. The van der Waals surface area contributed by atoms with E-state index in [0.29, 0.717) is 6.54 Å². The SMILES string of the molecule is CCN(CC(=O)Nc1cc(Br)ccc1Br)c1ccccc1. The van der Waals surface area contributed by atoms with Crippen LogP contribution in [-0.2, 0) is 4.79 Å². The number of likely N-dealkylation sites (N-methyl/N-ethyl adjacent to an activating group) is 1. The van der Waals surface area contributed by atoms with Crippen LogP contribution in [0.5, 0.6) is 0 Å². The molecule has 0 spiro atoms. The monoisotopic (exact) mass is 410 g/mol. The van der Waals surface area contributed by atoms with Crippen molar-refractivity contribution in [3.05, 3.63) is 57.5 Å². The first kappa shape index (κ1) is 16.0. The van der Waals surface area contributed by atoms with Crippen molar-refractivity contribution in [3.8, 4) is 0 Å². The van der Waals surface area contributed by atoms with Crippen LogP contribution in [0.25, 0.3) is 0 Å². The number of nitrogens with one attached hydrogen (secondary N) is 1. The van der Waals surface area contributed by atoms with Crippen molar-refractivity contribution in [2.45, 2.75) is 6.92 Å². The van der Waals surface area contributed by atoms with Gasteiger partial charge in [0.05, 0.1) is 12.2 Å².